The minimum atomic E-state index is 0.502. The summed E-state index contributed by atoms with van der Waals surface area (Å²) in [5.74, 6) is 0.552. The van der Waals surface area contributed by atoms with E-state index in [0.717, 1.165) is 12.0 Å². The first-order valence-corrected chi connectivity index (χ1v) is 4.15. The van der Waals surface area contributed by atoms with Crippen LogP contribution in [0, 0.1) is 16.7 Å². The SMILES string of the molecule is CC(C)CC1=CC(=N)C=CC1=N. The highest BCUT2D eigenvalue weighted by Gasteiger charge is 2.09. The normalized spacial score (nSPS) is 17.1. The van der Waals surface area contributed by atoms with Crippen LogP contribution in [0.2, 0.25) is 0 Å². The van der Waals surface area contributed by atoms with E-state index >= 15 is 0 Å². The Balaban J connectivity index is 2.75. The monoisotopic (exact) mass is 162 g/mol. The smallest absolute Gasteiger partial charge is 0.0573 e. The predicted octanol–water partition coefficient (Wildman–Crippen LogP) is 2.57. The van der Waals surface area contributed by atoms with Gasteiger partial charge in [-0.25, -0.2) is 0 Å². The van der Waals surface area contributed by atoms with Gasteiger partial charge in [-0.2, -0.15) is 0 Å². The lowest BCUT2D eigenvalue weighted by atomic mass is 9.94. The zero-order valence-electron chi connectivity index (χ0n) is 7.52. The summed E-state index contributed by atoms with van der Waals surface area (Å²) in [5, 5.41) is 15.0. The van der Waals surface area contributed by atoms with Crippen LogP contribution in [0.25, 0.3) is 0 Å². The molecule has 0 aliphatic heterocycles. The molecule has 2 N–H and O–H groups in total. The molecule has 1 rings (SSSR count). The number of hydrogen-bond acceptors (Lipinski definition) is 2. The summed E-state index contributed by atoms with van der Waals surface area (Å²) in [6, 6.07) is 0. The van der Waals surface area contributed by atoms with Gasteiger partial charge in [0, 0.05) is 0 Å². The first-order valence-electron chi connectivity index (χ1n) is 4.15. The first-order chi connectivity index (χ1) is 5.59. The molecule has 0 aromatic heterocycles. The maximum Gasteiger partial charge on any atom is 0.0573 e. The van der Waals surface area contributed by atoms with E-state index in [0.29, 0.717) is 17.3 Å². The van der Waals surface area contributed by atoms with Crippen molar-refractivity contribution in [2.45, 2.75) is 20.3 Å². The minimum Gasteiger partial charge on any atom is -0.301 e. The standard InChI is InChI=1S/C10H14N2/c1-7(2)5-8-6-9(11)3-4-10(8)12/h3-4,6-7,11-12H,5H2,1-2H3. The molecule has 64 valence electrons. The highest BCUT2D eigenvalue weighted by atomic mass is 14.4. The molecule has 0 saturated carbocycles. The largest absolute Gasteiger partial charge is 0.301 e. The second kappa shape index (κ2) is 3.48. The summed E-state index contributed by atoms with van der Waals surface area (Å²) in [5.41, 5.74) is 2.04. The van der Waals surface area contributed by atoms with E-state index in [2.05, 4.69) is 13.8 Å². The van der Waals surface area contributed by atoms with Gasteiger partial charge in [0.25, 0.3) is 0 Å². The Morgan fingerprint density at radius 1 is 1.25 bits per heavy atom. The van der Waals surface area contributed by atoms with Crippen LogP contribution in [0.5, 0.6) is 0 Å². The van der Waals surface area contributed by atoms with Gasteiger partial charge in [-0.05, 0) is 36.1 Å². The fourth-order valence-corrected chi connectivity index (χ4v) is 1.20. The number of nitrogens with one attached hydrogen (secondary N) is 2. The summed E-state index contributed by atoms with van der Waals surface area (Å²) < 4.78 is 0. The van der Waals surface area contributed by atoms with Crippen molar-refractivity contribution in [2.75, 3.05) is 0 Å². The van der Waals surface area contributed by atoms with Gasteiger partial charge in [-0.1, -0.05) is 13.8 Å². The molecule has 2 nitrogen and oxygen atoms in total. The molecule has 0 aromatic carbocycles. The van der Waals surface area contributed by atoms with E-state index in [1.54, 1.807) is 18.2 Å². The Hall–Kier alpha value is -1.18. The maximum atomic E-state index is 7.58. The third kappa shape index (κ3) is 2.16. The molecule has 0 fully saturated rings. The van der Waals surface area contributed by atoms with E-state index in [1.165, 1.54) is 0 Å². The van der Waals surface area contributed by atoms with E-state index in [9.17, 15) is 0 Å². The molecule has 0 saturated heterocycles. The van der Waals surface area contributed by atoms with Crippen LogP contribution in [-0.4, -0.2) is 11.4 Å². The lowest BCUT2D eigenvalue weighted by molar-refractivity contribution is 0.654. The van der Waals surface area contributed by atoms with Gasteiger partial charge in [0.15, 0.2) is 0 Å². The average molecular weight is 162 g/mol. The summed E-state index contributed by atoms with van der Waals surface area (Å²) in [6.45, 7) is 4.24. The molecule has 0 radical (unpaired) electrons. The highest BCUT2D eigenvalue weighted by molar-refractivity contribution is 6.19. The number of hydrogen-bond donors (Lipinski definition) is 2. The first kappa shape index (κ1) is 8.91. The Bertz CT molecular complexity index is 270. The topological polar surface area (TPSA) is 47.7 Å². The Morgan fingerprint density at radius 2 is 1.92 bits per heavy atom. The van der Waals surface area contributed by atoms with Crippen molar-refractivity contribution in [3.05, 3.63) is 23.8 Å². The second-order valence-electron chi connectivity index (χ2n) is 3.47. The zero-order chi connectivity index (χ0) is 9.14. The van der Waals surface area contributed by atoms with Crippen LogP contribution in [0.15, 0.2) is 23.8 Å². The summed E-state index contributed by atoms with van der Waals surface area (Å²) in [6.07, 6.45) is 6.03. The number of rotatable bonds is 2. The molecule has 2 heteroatoms. The van der Waals surface area contributed by atoms with Crippen LogP contribution in [0.4, 0.5) is 0 Å². The van der Waals surface area contributed by atoms with Gasteiger partial charge in [0.2, 0.25) is 0 Å². The molecule has 0 atom stereocenters. The highest BCUT2D eigenvalue weighted by Crippen LogP contribution is 2.15. The third-order valence-corrected chi connectivity index (χ3v) is 1.73. The van der Waals surface area contributed by atoms with Crippen LogP contribution in [-0.2, 0) is 0 Å². The molecular weight excluding hydrogens is 148 g/mol. The Labute approximate surface area is 73.0 Å². The molecule has 1 aliphatic rings. The van der Waals surface area contributed by atoms with Crippen LogP contribution < -0.4 is 0 Å². The van der Waals surface area contributed by atoms with Crippen molar-refractivity contribution in [2.24, 2.45) is 5.92 Å². The van der Waals surface area contributed by atoms with Gasteiger partial charge in [-0.15, -0.1) is 0 Å². The average Bonchev–Trinajstić information content (AvgIpc) is 1.96. The van der Waals surface area contributed by atoms with E-state index in [-0.39, 0.29) is 0 Å². The van der Waals surface area contributed by atoms with E-state index in [1.807, 2.05) is 0 Å². The fraction of sp³-hybridized carbons (Fsp3) is 0.400. The van der Waals surface area contributed by atoms with Gasteiger partial charge >= 0.3 is 0 Å². The fourth-order valence-electron chi connectivity index (χ4n) is 1.20. The van der Waals surface area contributed by atoms with Crippen molar-refractivity contribution < 1.29 is 0 Å². The molecule has 0 aromatic rings. The van der Waals surface area contributed by atoms with Gasteiger partial charge in [0.1, 0.15) is 0 Å². The molecule has 0 spiro atoms. The zero-order valence-corrected chi connectivity index (χ0v) is 7.52. The third-order valence-electron chi connectivity index (χ3n) is 1.73. The van der Waals surface area contributed by atoms with E-state index < -0.39 is 0 Å². The number of allylic oxidation sites excluding steroid dienone is 4. The summed E-state index contributed by atoms with van der Waals surface area (Å²) in [4.78, 5) is 0. The van der Waals surface area contributed by atoms with Gasteiger partial charge < -0.3 is 10.8 Å². The van der Waals surface area contributed by atoms with Crippen LogP contribution >= 0.6 is 0 Å². The van der Waals surface area contributed by atoms with Crippen molar-refractivity contribution in [3.8, 4) is 0 Å². The quantitative estimate of drug-likeness (QED) is 0.586. The second-order valence-corrected chi connectivity index (χ2v) is 3.47. The summed E-state index contributed by atoms with van der Waals surface area (Å²) in [7, 11) is 0. The molecule has 0 amide bonds. The van der Waals surface area contributed by atoms with Crippen molar-refractivity contribution in [1.29, 1.82) is 10.8 Å². The predicted molar refractivity (Wildman–Crippen MR) is 52.1 cm³/mol. The van der Waals surface area contributed by atoms with Crippen molar-refractivity contribution in [3.63, 3.8) is 0 Å². The molecule has 12 heavy (non-hydrogen) atoms. The van der Waals surface area contributed by atoms with Crippen molar-refractivity contribution in [1.82, 2.24) is 0 Å². The molecule has 1 aliphatic carbocycles. The molecule has 0 bridgehead atoms. The molecule has 0 unspecified atom stereocenters. The Morgan fingerprint density at radius 3 is 2.50 bits per heavy atom. The lowest BCUT2D eigenvalue weighted by Crippen LogP contribution is -2.08. The van der Waals surface area contributed by atoms with E-state index in [4.69, 9.17) is 10.8 Å². The van der Waals surface area contributed by atoms with Gasteiger partial charge in [0.05, 0.1) is 11.4 Å². The van der Waals surface area contributed by atoms with Crippen LogP contribution in [0.1, 0.15) is 20.3 Å². The minimum absolute atomic E-state index is 0.502. The lowest BCUT2D eigenvalue weighted by Gasteiger charge is -2.11. The summed E-state index contributed by atoms with van der Waals surface area (Å²) >= 11 is 0. The maximum absolute atomic E-state index is 7.58. The van der Waals surface area contributed by atoms with Crippen molar-refractivity contribution >= 4 is 11.4 Å². The Kier molecular flexibility index (Phi) is 2.58. The van der Waals surface area contributed by atoms with Crippen LogP contribution in [0.3, 0.4) is 0 Å². The molecular formula is C10H14N2. The molecule has 0 heterocycles. The van der Waals surface area contributed by atoms with Gasteiger partial charge in [-0.3, -0.25) is 0 Å².